The Morgan fingerprint density at radius 3 is 2.49 bits per heavy atom. The van der Waals surface area contributed by atoms with Gasteiger partial charge in [0.1, 0.15) is 0 Å². The number of ether oxygens (including phenoxy) is 1. The van der Waals surface area contributed by atoms with Crippen molar-refractivity contribution < 1.29 is 30.8 Å². The zero-order valence-electron chi connectivity index (χ0n) is 20.8. The van der Waals surface area contributed by atoms with E-state index in [1.807, 2.05) is 12.1 Å². The van der Waals surface area contributed by atoms with Gasteiger partial charge in [-0.05, 0) is 42.3 Å². The van der Waals surface area contributed by atoms with Crippen LogP contribution >= 0.6 is 11.6 Å². The predicted octanol–water partition coefficient (Wildman–Crippen LogP) is 3.71. The molecule has 0 saturated carbocycles. The molecule has 8 nitrogen and oxygen atoms in total. The van der Waals surface area contributed by atoms with Crippen molar-refractivity contribution in [2.75, 3.05) is 26.5 Å². The lowest BCUT2D eigenvalue weighted by molar-refractivity contribution is -0.135. The molecule has 2 aromatic carbocycles. The van der Waals surface area contributed by atoms with Gasteiger partial charge in [-0.25, -0.2) is 21.2 Å². The molecule has 1 heterocycles. The molecule has 3 rings (SSSR count). The van der Waals surface area contributed by atoms with E-state index in [2.05, 4.69) is 5.32 Å². The number of hydrogen-bond acceptors (Lipinski definition) is 6. The van der Waals surface area contributed by atoms with Crippen molar-refractivity contribution >= 4 is 37.4 Å². The summed E-state index contributed by atoms with van der Waals surface area (Å²) in [6.07, 6.45) is 1.58. The van der Waals surface area contributed by atoms with E-state index in [1.165, 1.54) is 25.1 Å². The normalized spacial score (nSPS) is 17.5. The highest BCUT2D eigenvalue weighted by Crippen LogP contribution is 2.35. The average molecular weight is 573 g/mol. The van der Waals surface area contributed by atoms with Crippen LogP contribution in [0.25, 0.3) is 11.1 Å². The molecule has 0 bridgehead atoms. The Bertz CT molecular complexity index is 1390. The zero-order chi connectivity index (χ0) is 27.4. The van der Waals surface area contributed by atoms with Crippen LogP contribution < -0.4 is 5.32 Å². The number of hydrogen-bond donors (Lipinski definition) is 1. The van der Waals surface area contributed by atoms with E-state index in [0.717, 1.165) is 21.5 Å². The lowest BCUT2D eigenvalue weighted by Gasteiger charge is -2.35. The molecule has 1 atom stereocenters. The zero-order valence-corrected chi connectivity index (χ0v) is 23.2. The van der Waals surface area contributed by atoms with Crippen molar-refractivity contribution in [3.63, 3.8) is 0 Å². The third kappa shape index (κ3) is 7.38. The fraction of sp³-hybridized carbons (Fsp3) is 0.400. The molecule has 0 unspecified atom stereocenters. The molecule has 0 spiro atoms. The number of rotatable bonds is 9. The van der Waals surface area contributed by atoms with Gasteiger partial charge in [-0.15, -0.1) is 0 Å². The Balaban J connectivity index is 1.80. The first-order chi connectivity index (χ1) is 17.2. The number of halogens is 2. The van der Waals surface area contributed by atoms with Crippen molar-refractivity contribution in [1.29, 1.82) is 0 Å². The van der Waals surface area contributed by atoms with Gasteiger partial charge in [0.05, 0.1) is 11.5 Å². The molecule has 1 saturated heterocycles. The Hall–Kier alpha value is -2.31. The van der Waals surface area contributed by atoms with E-state index in [1.54, 1.807) is 25.3 Å². The van der Waals surface area contributed by atoms with Gasteiger partial charge < -0.3 is 10.1 Å². The van der Waals surface area contributed by atoms with Crippen molar-refractivity contribution in [3.05, 3.63) is 64.5 Å². The summed E-state index contributed by atoms with van der Waals surface area (Å²) in [6, 6.07) is 11.0. The maximum absolute atomic E-state index is 15.5. The summed E-state index contributed by atoms with van der Waals surface area (Å²) in [4.78, 5) is 12.6. The van der Waals surface area contributed by atoms with Crippen LogP contribution in [0.3, 0.4) is 0 Å². The first-order valence-electron chi connectivity index (χ1n) is 11.5. The van der Waals surface area contributed by atoms with Crippen LogP contribution in [0.4, 0.5) is 4.39 Å². The van der Waals surface area contributed by atoms with Gasteiger partial charge in [0, 0.05) is 61.3 Å². The number of benzene rings is 2. The Morgan fingerprint density at radius 1 is 1.19 bits per heavy atom. The summed E-state index contributed by atoms with van der Waals surface area (Å²) in [5.74, 6) is -0.905. The number of carbonyl (C=O) groups excluding carboxylic acids is 1. The number of alkyl halides is 1. The van der Waals surface area contributed by atoms with Gasteiger partial charge in [0.25, 0.3) is 5.91 Å². The summed E-state index contributed by atoms with van der Waals surface area (Å²) in [7, 11) is -5.86. The highest BCUT2D eigenvalue weighted by Gasteiger charge is 2.44. The lowest BCUT2D eigenvalue weighted by Crippen LogP contribution is -2.53. The molecule has 1 fully saturated rings. The topological polar surface area (TPSA) is 110 Å². The Kier molecular flexibility index (Phi) is 9.18. The average Bonchev–Trinajstić information content (AvgIpc) is 2.83. The molecule has 0 radical (unpaired) electrons. The van der Waals surface area contributed by atoms with Crippen LogP contribution in [-0.2, 0) is 36.0 Å². The SMILES string of the molecule is COCc1cccc(-c2cc(Cl)ccc2S(=O)(=O)N2CCC(F)(C(=O)N[C@@H](C)/C=C\S(C)(=O)=O)CC2)c1. The van der Waals surface area contributed by atoms with Gasteiger partial charge in [-0.1, -0.05) is 35.9 Å². The summed E-state index contributed by atoms with van der Waals surface area (Å²) in [5.41, 5.74) is -0.374. The second-order valence-electron chi connectivity index (χ2n) is 9.06. The molecule has 202 valence electrons. The third-order valence-corrected chi connectivity index (χ3v) is 8.85. The van der Waals surface area contributed by atoms with Crippen LogP contribution in [0.1, 0.15) is 25.3 Å². The smallest absolute Gasteiger partial charge is 0.258 e. The fourth-order valence-corrected chi connectivity index (χ4v) is 6.37. The predicted molar refractivity (Wildman–Crippen MR) is 141 cm³/mol. The van der Waals surface area contributed by atoms with E-state index >= 15 is 4.39 Å². The third-order valence-electron chi connectivity index (χ3n) is 6.00. The largest absolute Gasteiger partial charge is 0.380 e. The number of methoxy groups -OCH3 is 1. The van der Waals surface area contributed by atoms with Crippen molar-refractivity contribution in [3.8, 4) is 11.1 Å². The summed E-state index contributed by atoms with van der Waals surface area (Å²) < 4.78 is 71.6. The van der Waals surface area contributed by atoms with Crippen LogP contribution in [0.15, 0.2) is 58.8 Å². The second-order valence-corrected chi connectivity index (χ2v) is 13.3. The van der Waals surface area contributed by atoms with E-state index in [9.17, 15) is 21.6 Å². The van der Waals surface area contributed by atoms with Crippen LogP contribution in [0.5, 0.6) is 0 Å². The molecular formula is C25H30ClFN2O6S2. The van der Waals surface area contributed by atoms with Crippen LogP contribution in [0, 0.1) is 0 Å². The molecule has 12 heteroatoms. The maximum atomic E-state index is 15.5. The minimum Gasteiger partial charge on any atom is -0.380 e. The summed E-state index contributed by atoms with van der Waals surface area (Å²) in [5, 5.41) is 3.74. The number of nitrogens with one attached hydrogen (secondary N) is 1. The molecule has 1 amide bonds. The molecule has 37 heavy (non-hydrogen) atoms. The molecule has 1 aliphatic rings. The molecule has 0 aliphatic carbocycles. The van der Waals surface area contributed by atoms with Crippen molar-refractivity contribution in [2.45, 2.75) is 43.0 Å². The second kappa shape index (κ2) is 11.6. The van der Waals surface area contributed by atoms with Gasteiger partial charge in [-0.2, -0.15) is 4.31 Å². The number of sulfonamides is 1. The summed E-state index contributed by atoms with van der Waals surface area (Å²) >= 11 is 6.20. The van der Waals surface area contributed by atoms with Gasteiger partial charge in [0.2, 0.25) is 10.0 Å². The van der Waals surface area contributed by atoms with Crippen LogP contribution in [0.2, 0.25) is 5.02 Å². The van der Waals surface area contributed by atoms with Crippen molar-refractivity contribution in [1.82, 2.24) is 9.62 Å². The quantitative estimate of drug-likeness (QED) is 0.490. The fourth-order valence-electron chi connectivity index (χ4n) is 4.04. The van der Waals surface area contributed by atoms with E-state index in [4.69, 9.17) is 16.3 Å². The molecule has 1 N–H and O–H groups in total. The molecule has 1 aliphatic heterocycles. The van der Waals surface area contributed by atoms with Crippen molar-refractivity contribution in [2.24, 2.45) is 0 Å². The lowest BCUT2D eigenvalue weighted by atomic mass is 9.93. The molecule has 2 aromatic rings. The number of carbonyl (C=O) groups is 1. The number of sulfone groups is 1. The number of amides is 1. The first-order valence-corrected chi connectivity index (χ1v) is 15.3. The maximum Gasteiger partial charge on any atom is 0.258 e. The van der Waals surface area contributed by atoms with Gasteiger partial charge >= 0.3 is 0 Å². The van der Waals surface area contributed by atoms with Gasteiger partial charge in [-0.3, -0.25) is 4.79 Å². The number of piperidine rings is 1. The number of nitrogens with zero attached hydrogens (tertiary/aromatic N) is 1. The van der Waals surface area contributed by atoms with E-state index in [0.29, 0.717) is 22.8 Å². The first kappa shape index (κ1) is 29.2. The molecule has 0 aromatic heterocycles. The molecular weight excluding hydrogens is 543 g/mol. The monoisotopic (exact) mass is 572 g/mol. The standard InChI is InChI=1S/C25H30ClFN2O6S2/c1-18(9-14-36(3,31)32)28-24(30)25(27)10-12-29(13-11-25)37(33,34)23-8-7-21(26)16-22(23)20-6-4-5-19(15-20)17-35-2/h4-9,14-16,18H,10-13,17H2,1-3H3,(H,28,30)/b14-9-/t18-/m0/s1. The van der Waals surface area contributed by atoms with Gasteiger partial charge in [0.15, 0.2) is 15.5 Å². The van der Waals surface area contributed by atoms with E-state index < -0.39 is 37.5 Å². The Morgan fingerprint density at radius 2 is 1.86 bits per heavy atom. The highest BCUT2D eigenvalue weighted by molar-refractivity contribution is 7.93. The minimum atomic E-state index is -4.04. The summed E-state index contributed by atoms with van der Waals surface area (Å²) in [6.45, 7) is 1.47. The minimum absolute atomic E-state index is 0.0295. The van der Waals surface area contributed by atoms with Crippen LogP contribution in [-0.4, -0.2) is 65.2 Å². The Labute approximate surface area is 222 Å². The van der Waals surface area contributed by atoms with E-state index in [-0.39, 0.29) is 30.8 Å². The highest BCUT2D eigenvalue weighted by atomic mass is 35.5.